The topological polar surface area (TPSA) is 57.0 Å². The highest BCUT2D eigenvalue weighted by Gasteiger charge is 2.21. The van der Waals surface area contributed by atoms with Gasteiger partial charge in [-0.2, -0.15) is 9.90 Å². The largest absolute Gasteiger partial charge is 0.461 e. The first kappa shape index (κ1) is 12.3. The molecule has 1 unspecified atom stereocenters. The Labute approximate surface area is 108 Å². The molecule has 1 heterocycles. The van der Waals surface area contributed by atoms with Crippen LogP contribution < -0.4 is 0 Å². The number of carbonyl (C=O) groups excluding carboxylic acids is 1. The first-order valence-corrected chi connectivity index (χ1v) is 6.46. The zero-order valence-electron chi connectivity index (χ0n) is 9.60. The molecular formula is C11H14BrN3O2. The van der Waals surface area contributed by atoms with Crippen LogP contribution in [0.15, 0.2) is 16.8 Å². The zero-order chi connectivity index (χ0) is 12.3. The minimum Gasteiger partial charge on any atom is -0.461 e. The Balaban J connectivity index is 2.15. The molecule has 0 aliphatic heterocycles. The molecular weight excluding hydrogens is 286 g/mol. The maximum absolute atomic E-state index is 11.5. The normalized spacial score (nSPS) is 19.9. The van der Waals surface area contributed by atoms with Crippen LogP contribution in [0.2, 0.25) is 0 Å². The molecule has 1 aliphatic rings. The number of esters is 1. The van der Waals surface area contributed by atoms with E-state index in [1.807, 2.05) is 0 Å². The van der Waals surface area contributed by atoms with Crippen LogP contribution in [-0.4, -0.2) is 27.6 Å². The highest BCUT2D eigenvalue weighted by molar-refractivity contribution is 9.11. The summed E-state index contributed by atoms with van der Waals surface area (Å²) in [6.07, 6.45) is 6.74. The molecule has 0 radical (unpaired) electrons. The van der Waals surface area contributed by atoms with Crippen molar-refractivity contribution in [2.75, 3.05) is 6.61 Å². The van der Waals surface area contributed by atoms with Gasteiger partial charge in [0.05, 0.1) is 12.8 Å². The van der Waals surface area contributed by atoms with Gasteiger partial charge in [0, 0.05) is 4.48 Å². The fourth-order valence-electron chi connectivity index (χ4n) is 1.78. The summed E-state index contributed by atoms with van der Waals surface area (Å²) < 4.78 is 5.95. The van der Waals surface area contributed by atoms with Crippen LogP contribution in [-0.2, 0) is 4.74 Å². The molecule has 92 valence electrons. The molecule has 0 spiro atoms. The lowest BCUT2D eigenvalue weighted by Gasteiger charge is -2.19. The Hall–Kier alpha value is -1.17. The fourth-order valence-corrected chi connectivity index (χ4v) is 2.42. The summed E-state index contributed by atoms with van der Waals surface area (Å²) in [7, 11) is 0. The summed E-state index contributed by atoms with van der Waals surface area (Å²) >= 11 is 3.51. The van der Waals surface area contributed by atoms with E-state index in [0.717, 1.165) is 23.7 Å². The standard InChI is InChI=1S/C11H14BrN3O2/c1-2-17-11(16)9-7-13-15(14-9)10-6-4-3-5-8(10)12/h5,7,10H,2-4,6H2,1H3. The maximum Gasteiger partial charge on any atom is 0.360 e. The molecule has 17 heavy (non-hydrogen) atoms. The summed E-state index contributed by atoms with van der Waals surface area (Å²) in [5, 5.41) is 8.29. The van der Waals surface area contributed by atoms with Gasteiger partial charge in [-0.3, -0.25) is 0 Å². The smallest absolute Gasteiger partial charge is 0.360 e. The Bertz CT molecular complexity index is 442. The number of carbonyl (C=O) groups is 1. The molecule has 5 nitrogen and oxygen atoms in total. The first-order chi connectivity index (χ1) is 8.22. The van der Waals surface area contributed by atoms with E-state index in [-0.39, 0.29) is 11.7 Å². The second-order valence-corrected chi connectivity index (χ2v) is 4.72. The second kappa shape index (κ2) is 5.44. The molecule has 1 aromatic heterocycles. The van der Waals surface area contributed by atoms with E-state index in [0.29, 0.717) is 6.61 Å². The SMILES string of the molecule is CCOC(=O)c1cnn(C2CCCC=C2Br)n1. The Morgan fingerprint density at radius 1 is 1.71 bits per heavy atom. The number of rotatable bonds is 3. The molecule has 1 aliphatic carbocycles. The van der Waals surface area contributed by atoms with Crippen molar-refractivity contribution in [2.45, 2.75) is 32.2 Å². The van der Waals surface area contributed by atoms with Crippen LogP contribution in [0.4, 0.5) is 0 Å². The number of nitrogens with zero attached hydrogens (tertiary/aromatic N) is 3. The summed E-state index contributed by atoms with van der Waals surface area (Å²) in [4.78, 5) is 13.0. The molecule has 2 rings (SSSR count). The van der Waals surface area contributed by atoms with Crippen LogP contribution in [0.5, 0.6) is 0 Å². The Morgan fingerprint density at radius 3 is 3.24 bits per heavy atom. The third-order valence-corrected chi connectivity index (χ3v) is 3.46. The number of allylic oxidation sites excluding steroid dienone is 2. The van der Waals surface area contributed by atoms with Gasteiger partial charge in [-0.05, 0) is 26.2 Å². The van der Waals surface area contributed by atoms with E-state index in [9.17, 15) is 4.79 Å². The maximum atomic E-state index is 11.5. The molecule has 6 heteroatoms. The van der Waals surface area contributed by atoms with E-state index in [1.165, 1.54) is 6.20 Å². The van der Waals surface area contributed by atoms with E-state index >= 15 is 0 Å². The van der Waals surface area contributed by atoms with Crippen LogP contribution >= 0.6 is 15.9 Å². The third kappa shape index (κ3) is 2.74. The highest BCUT2D eigenvalue weighted by atomic mass is 79.9. The number of hydrogen-bond acceptors (Lipinski definition) is 4. The molecule has 0 saturated heterocycles. The zero-order valence-corrected chi connectivity index (χ0v) is 11.2. The Morgan fingerprint density at radius 2 is 2.53 bits per heavy atom. The van der Waals surface area contributed by atoms with Gasteiger partial charge in [-0.15, -0.1) is 5.10 Å². The highest BCUT2D eigenvalue weighted by Crippen LogP contribution is 2.31. The van der Waals surface area contributed by atoms with Gasteiger partial charge in [-0.1, -0.05) is 22.0 Å². The van der Waals surface area contributed by atoms with Crippen molar-refractivity contribution in [1.29, 1.82) is 0 Å². The average Bonchev–Trinajstić information content (AvgIpc) is 2.79. The van der Waals surface area contributed by atoms with Gasteiger partial charge in [0.15, 0.2) is 5.69 Å². The minimum atomic E-state index is -0.422. The molecule has 0 fully saturated rings. The third-order valence-electron chi connectivity index (χ3n) is 2.61. The minimum absolute atomic E-state index is 0.104. The van der Waals surface area contributed by atoms with Gasteiger partial charge < -0.3 is 4.74 Å². The predicted octanol–water partition coefficient (Wildman–Crippen LogP) is 2.46. The lowest BCUT2D eigenvalue weighted by Crippen LogP contribution is -2.16. The van der Waals surface area contributed by atoms with Gasteiger partial charge >= 0.3 is 5.97 Å². The summed E-state index contributed by atoms with van der Waals surface area (Å²) in [5.74, 6) is -0.422. The first-order valence-electron chi connectivity index (χ1n) is 5.67. The van der Waals surface area contributed by atoms with Crippen molar-refractivity contribution in [3.05, 3.63) is 22.4 Å². The van der Waals surface area contributed by atoms with Crippen molar-refractivity contribution in [1.82, 2.24) is 15.0 Å². The van der Waals surface area contributed by atoms with E-state index in [2.05, 4.69) is 32.2 Å². The average molecular weight is 300 g/mol. The van der Waals surface area contributed by atoms with Gasteiger partial charge in [-0.25, -0.2) is 4.79 Å². The van der Waals surface area contributed by atoms with E-state index in [1.54, 1.807) is 11.7 Å². The summed E-state index contributed by atoms with van der Waals surface area (Å²) in [6, 6.07) is 0.104. The van der Waals surface area contributed by atoms with Crippen molar-refractivity contribution >= 4 is 21.9 Å². The molecule has 1 aromatic rings. The molecule has 0 bridgehead atoms. The van der Waals surface area contributed by atoms with Crippen molar-refractivity contribution in [3.8, 4) is 0 Å². The van der Waals surface area contributed by atoms with Gasteiger partial charge in [0.2, 0.25) is 0 Å². The lowest BCUT2D eigenvalue weighted by atomic mass is 10.0. The van der Waals surface area contributed by atoms with E-state index < -0.39 is 5.97 Å². The molecule has 0 aromatic carbocycles. The lowest BCUT2D eigenvalue weighted by molar-refractivity contribution is 0.0518. The Kier molecular flexibility index (Phi) is 3.93. The molecule has 0 saturated carbocycles. The summed E-state index contributed by atoms with van der Waals surface area (Å²) in [5.41, 5.74) is 0.262. The van der Waals surface area contributed by atoms with Gasteiger partial charge in [0.1, 0.15) is 6.04 Å². The number of halogens is 1. The number of ether oxygens (including phenoxy) is 1. The van der Waals surface area contributed by atoms with Crippen molar-refractivity contribution in [2.24, 2.45) is 0 Å². The van der Waals surface area contributed by atoms with Crippen LogP contribution in [0.25, 0.3) is 0 Å². The number of aromatic nitrogens is 3. The summed E-state index contributed by atoms with van der Waals surface area (Å²) in [6.45, 7) is 2.11. The second-order valence-electron chi connectivity index (χ2n) is 3.81. The fraction of sp³-hybridized carbons (Fsp3) is 0.545. The monoisotopic (exact) mass is 299 g/mol. The predicted molar refractivity (Wildman–Crippen MR) is 65.9 cm³/mol. The van der Waals surface area contributed by atoms with Gasteiger partial charge in [0.25, 0.3) is 0 Å². The number of hydrogen-bond donors (Lipinski definition) is 0. The van der Waals surface area contributed by atoms with Crippen LogP contribution in [0.3, 0.4) is 0 Å². The molecule has 0 amide bonds. The molecule has 1 atom stereocenters. The van der Waals surface area contributed by atoms with Crippen molar-refractivity contribution in [3.63, 3.8) is 0 Å². The van der Waals surface area contributed by atoms with Crippen molar-refractivity contribution < 1.29 is 9.53 Å². The van der Waals surface area contributed by atoms with Crippen LogP contribution in [0.1, 0.15) is 42.7 Å². The molecule has 0 N–H and O–H groups in total. The quantitative estimate of drug-likeness (QED) is 0.805. The van der Waals surface area contributed by atoms with E-state index in [4.69, 9.17) is 4.74 Å². The van der Waals surface area contributed by atoms with Crippen LogP contribution in [0, 0.1) is 0 Å².